The molecule has 0 unspecified atom stereocenters. The normalized spacial score (nSPS) is 10.8. The van der Waals surface area contributed by atoms with E-state index in [4.69, 9.17) is 11.6 Å². The predicted octanol–water partition coefficient (Wildman–Crippen LogP) is 2.89. The van der Waals surface area contributed by atoms with E-state index in [2.05, 4.69) is 15.6 Å². The van der Waals surface area contributed by atoms with E-state index >= 15 is 0 Å². The number of rotatable bonds is 5. The number of nitrogens with one attached hydrogen (secondary N) is 2. The zero-order chi connectivity index (χ0) is 13.0. The minimum absolute atomic E-state index is 0.0346. The maximum absolute atomic E-state index is 11.8. The molecule has 2 aromatic rings. The summed E-state index contributed by atoms with van der Waals surface area (Å²) < 4.78 is 1.02. The van der Waals surface area contributed by atoms with E-state index in [0.29, 0.717) is 17.1 Å². The molecule has 2 N–H and O–H groups in total. The summed E-state index contributed by atoms with van der Waals surface area (Å²) in [7, 11) is 1.87. The number of anilines is 1. The first kappa shape index (κ1) is 13.3. The summed E-state index contributed by atoms with van der Waals surface area (Å²) >= 11 is 7.63. The van der Waals surface area contributed by atoms with Gasteiger partial charge in [0.1, 0.15) is 5.52 Å². The highest BCUT2D eigenvalue weighted by Gasteiger charge is 2.11. The van der Waals surface area contributed by atoms with E-state index in [1.165, 1.54) is 11.3 Å². The third-order valence-electron chi connectivity index (χ3n) is 2.55. The van der Waals surface area contributed by atoms with Crippen molar-refractivity contribution in [3.05, 3.63) is 22.7 Å². The van der Waals surface area contributed by atoms with Crippen LogP contribution in [0, 0.1) is 0 Å². The van der Waals surface area contributed by atoms with Crippen molar-refractivity contribution < 1.29 is 4.79 Å². The van der Waals surface area contributed by atoms with Crippen LogP contribution < -0.4 is 10.6 Å². The number of aromatic nitrogens is 1. The molecule has 0 fully saturated rings. The summed E-state index contributed by atoms with van der Waals surface area (Å²) in [5.74, 6) is -0.0346. The molecule has 0 saturated carbocycles. The smallest absolute Gasteiger partial charge is 0.224 e. The molecule has 1 heterocycles. The van der Waals surface area contributed by atoms with Crippen LogP contribution in [0.3, 0.4) is 0 Å². The zero-order valence-corrected chi connectivity index (χ0v) is 11.6. The second kappa shape index (κ2) is 6.13. The minimum atomic E-state index is -0.0346. The van der Waals surface area contributed by atoms with Crippen molar-refractivity contribution in [1.29, 1.82) is 0 Å². The first-order valence-electron chi connectivity index (χ1n) is 5.68. The van der Waals surface area contributed by atoms with Crippen LogP contribution in [-0.4, -0.2) is 24.5 Å². The fraction of sp³-hybridized carbons (Fsp3) is 0.333. The van der Waals surface area contributed by atoms with Crippen LogP contribution >= 0.6 is 22.9 Å². The summed E-state index contributed by atoms with van der Waals surface area (Å²) in [6.07, 6.45) is 1.27. The van der Waals surface area contributed by atoms with Crippen molar-refractivity contribution in [2.45, 2.75) is 12.8 Å². The van der Waals surface area contributed by atoms with E-state index in [-0.39, 0.29) is 5.91 Å². The number of amides is 1. The molecule has 0 bridgehead atoms. The van der Waals surface area contributed by atoms with E-state index in [1.54, 1.807) is 11.6 Å². The van der Waals surface area contributed by atoms with Crippen molar-refractivity contribution in [2.75, 3.05) is 18.9 Å². The second-order valence-electron chi connectivity index (χ2n) is 3.88. The Balaban J connectivity index is 2.13. The van der Waals surface area contributed by atoms with Gasteiger partial charge in [-0.05, 0) is 32.1 Å². The number of carbonyl (C=O) groups is 1. The van der Waals surface area contributed by atoms with Crippen LogP contribution in [0.5, 0.6) is 0 Å². The first-order valence-corrected chi connectivity index (χ1v) is 6.94. The number of nitrogens with zero attached hydrogens (tertiary/aromatic N) is 1. The lowest BCUT2D eigenvalue weighted by molar-refractivity contribution is -0.116. The molecule has 0 radical (unpaired) electrons. The van der Waals surface area contributed by atoms with Gasteiger partial charge in [-0.3, -0.25) is 4.79 Å². The molecule has 0 atom stereocenters. The van der Waals surface area contributed by atoms with Gasteiger partial charge < -0.3 is 10.6 Å². The van der Waals surface area contributed by atoms with Crippen molar-refractivity contribution >= 4 is 44.7 Å². The van der Waals surface area contributed by atoms with Crippen LogP contribution in [0.1, 0.15) is 12.8 Å². The number of benzene rings is 1. The van der Waals surface area contributed by atoms with Gasteiger partial charge in [0.05, 0.1) is 20.9 Å². The molecular weight excluding hydrogens is 270 g/mol. The molecule has 0 aliphatic carbocycles. The molecule has 2 rings (SSSR count). The molecular formula is C12H14ClN3OS. The molecule has 18 heavy (non-hydrogen) atoms. The molecule has 0 aliphatic rings. The molecule has 0 aliphatic heterocycles. The van der Waals surface area contributed by atoms with Gasteiger partial charge in [-0.2, -0.15) is 0 Å². The Kier molecular flexibility index (Phi) is 4.52. The molecule has 96 valence electrons. The van der Waals surface area contributed by atoms with Gasteiger partial charge in [0, 0.05) is 6.42 Å². The number of fused-ring (bicyclic) bond motifs is 1. The highest BCUT2D eigenvalue weighted by Crippen LogP contribution is 2.32. The Hall–Kier alpha value is -1.17. The predicted molar refractivity (Wildman–Crippen MR) is 76.4 cm³/mol. The average molecular weight is 284 g/mol. The number of hydrogen-bond donors (Lipinski definition) is 2. The summed E-state index contributed by atoms with van der Waals surface area (Å²) in [6, 6.07) is 3.69. The van der Waals surface area contributed by atoms with Crippen molar-refractivity contribution in [1.82, 2.24) is 10.3 Å². The second-order valence-corrected chi connectivity index (χ2v) is 5.17. The van der Waals surface area contributed by atoms with Crippen LogP contribution in [-0.2, 0) is 4.79 Å². The quantitative estimate of drug-likeness (QED) is 0.830. The van der Waals surface area contributed by atoms with Gasteiger partial charge >= 0.3 is 0 Å². The van der Waals surface area contributed by atoms with Crippen molar-refractivity contribution in [3.8, 4) is 0 Å². The van der Waals surface area contributed by atoms with Gasteiger partial charge in [0.15, 0.2) is 0 Å². The Morgan fingerprint density at radius 1 is 1.50 bits per heavy atom. The zero-order valence-electron chi connectivity index (χ0n) is 10.00. The van der Waals surface area contributed by atoms with Crippen LogP contribution in [0.25, 0.3) is 10.2 Å². The van der Waals surface area contributed by atoms with Crippen LogP contribution in [0.15, 0.2) is 17.6 Å². The van der Waals surface area contributed by atoms with Gasteiger partial charge in [-0.1, -0.05) is 11.6 Å². The molecule has 0 spiro atoms. The molecule has 6 heteroatoms. The maximum Gasteiger partial charge on any atom is 0.224 e. The first-order chi connectivity index (χ1) is 8.72. The highest BCUT2D eigenvalue weighted by atomic mass is 35.5. The van der Waals surface area contributed by atoms with E-state index < -0.39 is 0 Å². The standard InChI is InChI=1S/C12H14ClN3OS/c1-14-6-2-3-10(17)16-11-8(13)4-5-9-12(11)15-7-18-9/h4-5,7,14H,2-3,6H2,1H3,(H,16,17). The lowest BCUT2D eigenvalue weighted by atomic mass is 10.2. The summed E-state index contributed by atoms with van der Waals surface area (Å²) in [4.78, 5) is 16.0. The monoisotopic (exact) mass is 283 g/mol. The molecule has 1 amide bonds. The number of thiazole rings is 1. The highest BCUT2D eigenvalue weighted by molar-refractivity contribution is 7.16. The van der Waals surface area contributed by atoms with E-state index in [1.807, 2.05) is 13.1 Å². The Bertz CT molecular complexity index is 555. The molecule has 0 saturated heterocycles. The fourth-order valence-electron chi connectivity index (χ4n) is 1.65. The van der Waals surface area contributed by atoms with Gasteiger partial charge in [-0.25, -0.2) is 4.98 Å². The molecule has 4 nitrogen and oxygen atoms in total. The lowest BCUT2D eigenvalue weighted by Crippen LogP contribution is -2.15. The van der Waals surface area contributed by atoms with Crippen LogP contribution in [0.2, 0.25) is 5.02 Å². The van der Waals surface area contributed by atoms with E-state index in [9.17, 15) is 4.79 Å². The molecule has 1 aromatic carbocycles. The summed E-state index contributed by atoms with van der Waals surface area (Å²) in [6.45, 7) is 0.821. The van der Waals surface area contributed by atoms with Crippen molar-refractivity contribution in [3.63, 3.8) is 0 Å². The largest absolute Gasteiger partial charge is 0.323 e. The van der Waals surface area contributed by atoms with Gasteiger partial charge in [-0.15, -0.1) is 11.3 Å². The average Bonchev–Trinajstić information content (AvgIpc) is 2.82. The van der Waals surface area contributed by atoms with Gasteiger partial charge in [0.2, 0.25) is 5.91 Å². The Morgan fingerprint density at radius 2 is 2.33 bits per heavy atom. The Morgan fingerprint density at radius 3 is 3.11 bits per heavy atom. The topological polar surface area (TPSA) is 54.0 Å². The third kappa shape index (κ3) is 2.98. The summed E-state index contributed by atoms with van der Waals surface area (Å²) in [5, 5.41) is 6.37. The fourth-order valence-corrected chi connectivity index (χ4v) is 2.54. The Labute approximate surface area is 114 Å². The minimum Gasteiger partial charge on any atom is -0.323 e. The van der Waals surface area contributed by atoms with Gasteiger partial charge in [0.25, 0.3) is 0 Å². The van der Waals surface area contributed by atoms with E-state index in [0.717, 1.165) is 23.2 Å². The number of hydrogen-bond acceptors (Lipinski definition) is 4. The maximum atomic E-state index is 11.8. The summed E-state index contributed by atoms with van der Waals surface area (Å²) in [5.41, 5.74) is 3.12. The number of carbonyl (C=O) groups excluding carboxylic acids is 1. The van der Waals surface area contributed by atoms with Crippen LogP contribution in [0.4, 0.5) is 5.69 Å². The lowest BCUT2D eigenvalue weighted by Gasteiger charge is -2.07. The third-order valence-corrected chi connectivity index (χ3v) is 3.66. The SMILES string of the molecule is CNCCCC(=O)Nc1c(Cl)ccc2scnc12. The van der Waals surface area contributed by atoms with Crippen molar-refractivity contribution in [2.24, 2.45) is 0 Å². The number of halogens is 1. The molecule has 1 aromatic heterocycles.